The van der Waals surface area contributed by atoms with Crippen LogP contribution in [0, 0.1) is 0 Å². The van der Waals surface area contributed by atoms with Gasteiger partial charge in [-0.2, -0.15) is 0 Å². The Kier molecular flexibility index (Phi) is 6.52. The van der Waals surface area contributed by atoms with Crippen LogP contribution in [0.3, 0.4) is 0 Å². The minimum absolute atomic E-state index is 0.151. The first-order chi connectivity index (χ1) is 10.7. The van der Waals surface area contributed by atoms with Gasteiger partial charge in [-0.1, -0.05) is 62.3 Å². The summed E-state index contributed by atoms with van der Waals surface area (Å²) in [5.41, 5.74) is 3.23. The van der Waals surface area contributed by atoms with E-state index in [0.717, 1.165) is 38.5 Å². The third kappa shape index (κ3) is 3.51. The molecule has 0 aliphatic carbocycles. The molecule has 134 valence electrons. The number of imidazole rings is 1. The van der Waals surface area contributed by atoms with Crippen molar-refractivity contribution in [3.05, 3.63) is 17.2 Å². The number of nitrogens with one attached hydrogen (secondary N) is 1. The van der Waals surface area contributed by atoms with Gasteiger partial charge in [-0.15, -0.1) is 0 Å². The summed E-state index contributed by atoms with van der Waals surface area (Å²) in [7, 11) is 0. The Balaban J connectivity index is 3.63. The molecule has 23 heavy (non-hydrogen) atoms. The van der Waals surface area contributed by atoms with Gasteiger partial charge >= 0.3 is 0 Å². The molecular weight excluding hydrogens is 280 g/mol. The van der Waals surface area contributed by atoms with Crippen LogP contribution in [0.15, 0.2) is 0 Å². The normalized spacial score (nSPS) is 13.6. The van der Waals surface area contributed by atoms with Gasteiger partial charge in [0.15, 0.2) is 0 Å². The fourth-order valence-electron chi connectivity index (χ4n) is 3.31. The molecule has 1 N–H and O–H groups in total. The van der Waals surface area contributed by atoms with Gasteiger partial charge < -0.3 is 4.98 Å². The van der Waals surface area contributed by atoms with E-state index < -0.39 is 0 Å². The number of rotatable bonds is 9. The van der Waals surface area contributed by atoms with E-state index in [4.69, 9.17) is 4.98 Å². The summed E-state index contributed by atoms with van der Waals surface area (Å²) in [5.74, 6) is 1.20. The average Bonchev–Trinajstić information content (AvgIpc) is 3.06. The van der Waals surface area contributed by atoms with Crippen LogP contribution in [-0.4, -0.2) is 9.97 Å². The van der Waals surface area contributed by atoms with Crippen molar-refractivity contribution in [2.75, 3.05) is 0 Å². The quantitative estimate of drug-likeness (QED) is 0.542. The summed E-state index contributed by atoms with van der Waals surface area (Å²) in [4.78, 5) is 9.07. The van der Waals surface area contributed by atoms with Crippen LogP contribution in [0.4, 0.5) is 0 Å². The molecule has 0 aliphatic heterocycles. The Labute approximate surface area is 144 Å². The molecule has 2 heteroatoms. The molecule has 0 aromatic carbocycles. The summed E-state index contributed by atoms with van der Waals surface area (Å²) in [6.45, 7) is 20.9. The van der Waals surface area contributed by atoms with Crippen LogP contribution >= 0.6 is 0 Å². The first-order valence-electron chi connectivity index (χ1n) is 9.81. The summed E-state index contributed by atoms with van der Waals surface area (Å²) in [5, 5.41) is 0. The molecule has 1 aromatic rings. The van der Waals surface area contributed by atoms with E-state index in [1.54, 1.807) is 0 Å². The van der Waals surface area contributed by atoms with Crippen molar-refractivity contribution in [1.82, 2.24) is 9.97 Å². The van der Waals surface area contributed by atoms with Crippen molar-refractivity contribution in [2.45, 2.75) is 117 Å². The second kappa shape index (κ2) is 7.40. The molecule has 0 saturated carbocycles. The van der Waals surface area contributed by atoms with Gasteiger partial charge in [0.25, 0.3) is 0 Å². The lowest BCUT2D eigenvalue weighted by molar-refractivity contribution is 0.382. The fourth-order valence-corrected chi connectivity index (χ4v) is 3.31. The SMILES string of the molecule is CCC(C)(CC)c1nc(C(C)(CC)CC)c(C(C)(CC)CC)[nH]1. The van der Waals surface area contributed by atoms with Gasteiger partial charge in [-0.3, -0.25) is 0 Å². The van der Waals surface area contributed by atoms with Crippen LogP contribution in [0.2, 0.25) is 0 Å². The summed E-state index contributed by atoms with van der Waals surface area (Å²) < 4.78 is 0. The molecule has 0 spiro atoms. The Bertz CT molecular complexity index is 450. The lowest BCUT2D eigenvalue weighted by Gasteiger charge is -2.32. The van der Waals surface area contributed by atoms with Crippen LogP contribution in [0.25, 0.3) is 0 Å². The highest BCUT2D eigenvalue weighted by Crippen LogP contribution is 2.42. The zero-order valence-electron chi connectivity index (χ0n) is 17.2. The molecule has 1 rings (SSSR count). The molecule has 0 amide bonds. The van der Waals surface area contributed by atoms with Gasteiger partial charge in [0.2, 0.25) is 0 Å². The van der Waals surface area contributed by atoms with Crippen LogP contribution in [0.5, 0.6) is 0 Å². The molecular formula is C21H40N2. The zero-order chi connectivity index (χ0) is 17.9. The highest BCUT2D eigenvalue weighted by atomic mass is 15.0. The van der Waals surface area contributed by atoms with E-state index in [1.807, 2.05) is 0 Å². The third-order valence-corrected chi connectivity index (χ3v) is 7.13. The second-order valence-electron chi connectivity index (χ2n) is 8.11. The Morgan fingerprint density at radius 3 is 1.39 bits per heavy atom. The van der Waals surface area contributed by atoms with Crippen molar-refractivity contribution < 1.29 is 0 Å². The number of hydrogen-bond donors (Lipinski definition) is 1. The van der Waals surface area contributed by atoms with Crippen molar-refractivity contribution in [3.8, 4) is 0 Å². The second-order valence-corrected chi connectivity index (χ2v) is 8.11. The molecule has 0 bridgehead atoms. The Morgan fingerprint density at radius 1 is 0.652 bits per heavy atom. The number of H-pyrrole nitrogens is 1. The van der Waals surface area contributed by atoms with Gasteiger partial charge in [0, 0.05) is 21.9 Å². The largest absolute Gasteiger partial charge is 0.345 e. The molecule has 0 atom stereocenters. The molecule has 0 aliphatic rings. The number of aromatic amines is 1. The van der Waals surface area contributed by atoms with Crippen molar-refractivity contribution >= 4 is 0 Å². The molecule has 1 heterocycles. The molecule has 2 nitrogen and oxygen atoms in total. The van der Waals surface area contributed by atoms with E-state index in [0.29, 0.717) is 0 Å². The number of aromatic nitrogens is 2. The van der Waals surface area contributed by atoms with Crippen LogP contribution in [-0.2, 0) is 16.2 Å². The smallest absolute Gasteiger partial charge is 0.112 e. The monoisotopic (exact) mass is 320 g/mol. The Hall–Kier alpha value is -0.790. The van der Waals surface area contributed by atoms with Gasteiger partial charge in [0.1, 0.15) is 5.82 Å². The summed E-state index contributed by atoms with van der Waals surface area (Å²) in [6, 6.07) is 0. The average molecular weight is 321 g/mol. The zero-order valence-corrected chi connectivity index (χ0v) is 17.2. The molecule has 0 radical (unpaired) electrons. The number of hydrogen-bond acceptors (Lipinski definition) is 1. The minimum Gasteiger partial charge on any atom is -0.345 e. The predicted molar refractivity (Wildman–Crippen MR) is 102 cm³/mol. The van der Waals surface area contributed by atoms with Crippen molar-refractivity contribution in [2.24, 2.45) is 0 Å². The van der Waals surface area contributed by atoms with Crippen LogP contribution < -0.4 is 0 Å². The number of nitrogens with zero attached hydrogens (tertiary/aromatic N) is 1. The highest BCUT2D eigenvalue weighted by Gasteiger charge is 2.38. The van der Waals surface area contributed by atoms with E-state index in [9.17, 15) is 0 Å². The molecule has 1 aromatic heterocycles. The van der Waals surface area contributed by atoms with E-state index in [2.05, 4.69) is 67.3 Å². The topological polar surface area (TPSA) is 28.7 Å². The minimum atomic E-state index is 0.151. The molecule has 0 unspecified atom stereocenters. The first kappa shape index (κ1) is 20.3. The maximum Gasteiger partial charge on any atom is 0.112 e. The third-order valence-electron chi connectivity index (χ3n) is 7.13. The molecule has 0 saturated heterocycles. The van der Waals surface area contributed by atoms with Crippen molar-refractivity contribution in [3.63, 3.8) is 0 Å². The predicted octanol–water partition coefficient (Wildman–Crippen LogP) is 6.64. The van der Waals surface area contributed by atoms with E-state index in [1.165, 1.54) is 17.2 Å². The fraction of sp³-hybridized carbons (Fsp3) is 0.857. The maximum absolute atomic E-state index is 5.24. The van der Waals surface area contributed by atoms with Crippen LogP contribution in [0.1, 0.15) is 118 Å². The van der Waals surface area contributed by atoms with E-state index >= 15 is 0 Å². The maximum atomic E-state index is 5.24. The lowest BCUT2D eigenvalue weighted by atomic mass is 9.73. The van der Waals surface area contributed by atoms with E-state index in [-0.39, 0.29) is 16.2 Å². The highest BCUT2D eigenvalue weighted by molar-refractivity contribution is 5.32. The Morgan fingerprint density at radius 2 is 1.04 bits per heavy atom. The van der Waals surface area contributed by atoms with Gasteiger partial charge in [-0.25, -0.2) is 4.98 Å². The lowest BCUT2D eigenvalue weighted by Crippen LogP contribution is -2.29. The van der Waals surface area contributed by atoms with Gasteiger partial charge in [-0.05, 0) is 38.5 Å². The summed E-state index contributed by atoms with van der Waals surface area (Å²) >= 11 is 0. The first-order valence-corrected chi connectivity index (χ1v) is 9.81. The molecule has 0 fully saturated rings. The standard InChI is InChI=1S/C21H40N2/c1-10-19(7,11-2)16-17(20(8,12-3)13-4)23-18(22-16)21(9,14-5)15-6/h10-15H2,1-9H3,(H,22,23). The van der Waals surface area contributed by atoms with Crippen molar-refractivity contribution in [1.29, 1.82) is 0 Å². The summed E-state index contributed by atoms with van der Waals surface area (Å²) in [6.07, 6.45) is 6.82. The van der Waals surface area contributed by atoms with Gasteiger partial charge in [0.05, 0.1) is 5.69 Å².